The fraction of sp³-hybridized carbons (Fsp3) is 0.818. The van der Waals surface area contributed by atoms with Gasteiger partial charge < -0.3 is 14.2 Å². The summed E-state index contributed by atoms with van der Waals surface area (Å²) >= 11 is 0. The SMILES string of the molecule is CC=COCCC1COC(C)(CC)O1. The molecule has 82 valence electrons. The van der Waals surface area contributed by atoms with Gasteiger partial charge in [0.2, 0.25) is 0 Å². The van der Waals surface area contributed by atoms with Gasteiger partial charge in [-0.1, -0.05) is 13.0 Å². The number of ether oxygens (including phenoxy) is 3. The van der Waals surface area contributed by atoms with Gasteiger partial charge in [-0.3, -0.25) is 0 Å². The average Bonchev–Trinajstić information content (AvgIpc) is 2.56. The molecule has 0 N–H and O–H groups in total. The largest absolute Gasteiger partial charge is 0.501 e. The molecular weight excluding hydrogens is 180 g/mol. The van der Waals surface area contributed by atoms with Crippen molar-refractivity contribution in [3.63, 3.8) is 0 Å². The Hall–Kier alpha value is -0.540. The van der Waals surface area contributed by atoms with E-state index in [-0.39, 0.29) is 11.9 Å². The van der Waals surface area contributed by atoms with Crippen LogP contribution in [0.3, 0.4) is 0 Å². The van der Waals surface area contributed by atoms with E-state index in [0.29, 0.717) is 13.2 Å². The minimum Gasteiger partial charge on any atom is -0.501 e. The molecule has 0 aliphatic carbocycles. The van der Waals surface area contributed by atoms with Crippen molar-refractivity contribution in [2.24, 2.45) is 0 Å². The molecule has 0 aromatic rings. The smallest absolute Gasteiger partial charge is 0.165 e. The molecular formula is C11H20O3. The third kappa shape index (κ3) is 3.31. The Labute approximate surface area is 86.0 Å². The Kier molecular flexibility index (Phi) is 4.42. The first-order valence-corrected chi connectivity index (χ1v) is 5.24. The highest BCUT2D eigenvalue weighted by molar-refractivity contribution is 4.74. The van der Waals surface area contributed by atoms with E-state index in [1.807, 2.05) is 19.9 Å². The Morgan fingerprint density at radius 3 is 2.93 bits per heavy atom. The Morgan fingerprint density at radius 2 is 2.36 bits per heavy atom. The van der Waals surface area contributed by atoms with Crippen molar-refractivity contribution >= 4 is 0 Å². The number of rotatable bonds is 5. The van der Waals surface area contributed by atoms with Crippen LogP contribution >= 0.6 is 0 Å². The quantitative estimate of drug-likeness (QED) is 0.504. The van der Waals surface area contributed by atoms with Gasteiger partial charge in [-0.15, -0.1) is 0 Å². The van der Waals surface area contributed by atoms with Gasteiger partial charge in [0, 0.05) is 6.42 Å². The third-order valence-corrected chi connectivity index (χ3v) is 2.42. The van der Waals surface area contributed by atoms with E-state index in [2.05, 4.69) is 6.92 Å². The second-order valence-electron chi connectivity index (χ2n) is 3.67. The predicted octanol–water partition coefficient (Wildman–Crippen LogP) is 2.47. The van der Waals surface area contributed by atoms with Crippen LogP contribution in [0.15, 0.2) is 12.3 Å². The average molecular weight is 200 g/mol. The number of hydrogen-bond acceptors (Lipinski definition) is 3. The molecule has 1 heterocycles. The van der Waals surface area contributed by atoms with Gasteiger partial charge in [-0.2, -0.15) is 0 Å². The van der Waals surface area contributed by atoms with Crippen LogP contribution < -0.4 is 0 Å². The molecule has 0 bridgehead atoms. The number of hydrogen-bond donors (Lipinski definition) is 0. The molecule has 2 unspecified atom stereocenters. The molecule has 14 heavy (non-hydrogen) atoms. The second-order valence-corrected chi connectivity index (χ2v) is 3.67. The first-order chi connectivity index (χ1) is 6.70. The molecule has 0 saturated carbocycles. The summed E-state index contributed by atoms with van der Waals surface area (Å²) in [5, 5.41) is 0. The molecule has 2 atom stereocenters. The van der Waals surface area contributed by atoms with Gasteiger partial charge in [-0.05, 0) is 20.3 Å². The number of allylic oxidation sites excluding steroid dienone is 1. The highest BCUT2D eigenvalue weighted by Crippen LogP contribution is 2.27. The van der Waals surface area contributed by atoms with Crippen molar-refractivity contribution in [2.45, 2.75) is 45.5 Å². The summed E-state index contributed by atoms with van der Waals surface area (Å²) in [5.74, 6) is -0.370. The van der Waals surface area contributed by atoms with Gasteiger partial charge >= 0.3 is 0 Å². The van der Waals surface area contributed by atoms with Crippen LogP contribution in [-0.2, 0) is 14.2 Å². The van der Waals surface area contributed by atoms with E-state index >= 15 is 0 Å². The van der Waals surface area contributed by atoms with Crippen LogP contribution in [0.2, 0.25) is 0 Å². The van der Waals surface area contributed by atoms with Crippen LogP contribution in [0.5, 0.6) is 0 Å². The van der Waals surface area contributed by atoms with Crippen molar-refractivity contribution in [3.05, 3.63) is 12.3 Å². The fourth-order valence-corrected chi connectivity index (χ4v) is 1.38. The highest BCUT2D eigenvalue weighted by atomic mass is 16.7. The van der Waals surface area contributed by atoms with E-state index in [4.69, 9.17) is 14.2 Å². The molecule has 0 radical (unpaired) electrons. The molecule has 1 aliphatic heterocycles. The van der Waals surface area contributed by atoms with E-state index in [1.54, 1.807) is 6.26 Å². The Morgan fingerprint density at radius 1 is 1.57 bits per heavy atom. The predicted molar refractivity (Wildman–Crippen MR) is 54.9 cm³/mol. The van der Waals surface area contributed by atoms with Crippen molar-refractivity contribution < 1.29 is 14.2 Å². The maximum atomic E-state index is 5.75. The van der Waals surface area contributed by atoms with E-state index in [0.717, 1.165) is 12.8 Å². The maximum absolute atomic E-state index is 5.75. The van der Waals surface area contributed by atoms with Crippen molar-refractivity contribution in [1.82, 2.24) is 0 Å². The molecule has 0 amide bonds. The van der Waals surface area contributed by atoms with E-state index < -0.39 is 0 Å². The molecule has 1 saturated heterocycles. The Bertz CT molecular complexity index is 191. The molecule has 1 rings (SSSR count). The lowest BCUT2D eigenvalue weighted by molar-refractivity contribution is -0.156. The normalized spacial score (nSPS) is 32.6. The van der Waals surface area contributed by atoms with Gasteiger partial charge in [0.1, 0.15) is 0 Å². The first kappa shape index (κ1) is 11.5. The molecule has 0 aromatic carbocycles. The molecule has 1 aliphatic rings. The van der Waals surface area contributed by atoms with Crippen molar-refractivity contribution in [2.75, 3.05) is 13.2 Å². The first-order valence-electron chi connectivity index (χ1n) is 5.24. The zero-order valence-electron chi connectivity index (χ0n) is 9.29. The van der Waals surface area contributed by atoms with Gasteiger partial charge in [0.05, 0.1) is 25.6 Å². The van der Waals surface area contributed by atoms with Crippen LogP contribution in [0.25, 0.3) is 0 Å². The topological polar surface area (TPSA) is 27.7 Å². The van der Waals surface area contributed by atoms with Crippen LogP contribution in [0.4, 0.5) is 0 Å². The molecule has 3 heteroatoms. The van der Waals surface area contributed by atoms with Crippen LogP contribution in [0, 0.1) is 0 Å². The lowest BCUT2D eigenvalue weighted by Crippen LogP contribution is -2.25. The van der Waals surface area contributed by atoms with Gasteiger partial charge in [0.25, 0.3) is 0 Å². The highest BCUT2D eigenvalue weighted by Gasteiger charge is 2.35. The molecule has 0 spiro atoms. The molecule has 0 aromatic heterocycles. The summed E-state index contributed by atoms with van der Waals surface area (Å²) in [6, 6.07) is 0. The minimum absolute atomic E-state index is 0.185. The van der Waals surface area contributed by atoms with Crippen LogP contribution in [0.1, 0.15) is 33.6 Å². The summed E-state index contributed by atoms with van der Waals surface area (Å²) in [6.45, 7) is 7.36. The lowest BCUT2D eigenvalue weighted by Gasteiger charge is -2.20. The zero-order chi connectivity index (χ0) is 10.4. The molecule has 3 nitrogen and oxygen atoms in total. The third-order valence-electron chi connectivity index (χ3n) is 2.42. The zero-order valence-corrected chi connectivity index (χ0v) is 9.29. The second kappa shape index (κ2) is 5.37. The summed E-state index contributed by atoms with van der Waals surface area (Å²) in [6.07, 6.45) is 5.54. The Balaban J connectivity index is 2.16. The summed E-state index contributed by atoms with van der Waals surface area (Å²) in [4.78, 5) is 0. The fourth-order valence-electron chi connectivity index (χ4n) is 1.38. The minimum atomic E-state index is -0.370. The van der Waals surface area contributed by atoms with Crippen molar-refractivity contribution in [1.29, 1.82) is 0 Å². The van der Waals surface area contributed by atoms with Crippen molar-refractivity contribution in [3.8, 4) is 0 Å². The lowest BCUT2D eigenvalue weighted by atomic mass is 10.2. The summed E-state index contributed by atoms with van der Waals surface area (Å²) < 4.78 is 16.5. The van der Waals surface area contributed by atoms with E-state index in [1.165, 1.54) is 0 Å². The van der Waals surface area contributed by atoms with Crippen LogP contribution in [-0.4, -0.2) is 25.1 Å². The van der Waals surface area contributed by atoms with Gasteiger partial charge in [-0.25, -0.2) is 0 Å². The standard InChI is InChI=1S/C11H20O3/c1-4-7-12-8-6-10-9-13-11(3,5-2)14-10/h4,7,10H,5-6,8-9H2,1-3H3. The van der Waals surface area contributed by atoms with E-state index in [9.17, 15) is 0 Å². The summed E-state index contributed by atoms with van der Waals surface area (Å²) in [7, 11) is 0. The summed E-state index contributed by atoms with van der Waals surface area (Å²) in [5.41, 5.74) is 0. The maximum Gasteiger partial charge on any atom is 0.165 e. The monoisotopic (exact) mass is 200 g/mol. The van der Waals surface area contributed by atoms with Gasteiger partial charge in [0.15, 0.2) is 5.79 Å². The molecule has 1 fully saturated rings.